The fraction of sp³-hybridized carbons (Fsp3) is 0.545. The van der Waals surface area contributed by atoms with E-state index in [1.54, 1.807) is 6.20 Å². The second-order valence-electron chi connectivity index (χ2n) is 4.43. The first-order chi connectivity index (χ1) is 9.11. The molecule has 1 unspecified atom stereocenters. The van der Waals surface area contributed by atoms with Crippen LogP contribution in [0, 0.1) is 0 Å². The smallest absolute Gasteiger partial charge is 0.244 e. The molecule has 1 atom stereocenters. The average molecular weight is 329 g/mol. The summed E-state index contributed by atoms with van der Waals surface area (Å²) < 4.78 is 0.688. The molecule has 1 aromatic heterocycles. The normalized spacial score (nSPS) is 16.3. The Hall–Kier alpha value is -1.41. The third-order valence-corrected chi connectivity index (χ3v) is 3.59. The van der Waals surface area contributed by atoms with Gasteiger partial charge >= 0.3 is 0 Å². The van der Waals surface area contributed by atoms with Crippen LogP contribution in [0.15, 0.2) is 10.7 Å². The van der Waals surface area contributed by atoms with E-state index in [1.807, 2.05) is 11.8 Å². The van der Waals surface area contributed by atoms with Crippen LogP contribution in [0.2, 0.25) is 0 Å². The molecule has 19 heavy (non-hydrogen) atoms. The van der Waals surface area contributed by atoms with Crippen molar-refractivity contribution in [3.63, 3.8) is 0 Å². The molecule has 1 aliphatic heterocycles. The Labute approximate surface area is 120 Å². The van der Waals surface area contributed by atoms with E-state index in [0.29, 0.717) is 16.2 Å². The Morgan fingerprint density at radius 3 is 2.84 bits per heavy atom. The van der Waals surface area contributed by atoms with Crippen LogP contribution in [-0.2, 0) is 4.79 Å². The summed E-state index contributed by atoms with van der Waals surface area (Å²) in [5.74, 6) is 6.20. The van der Waals surface area contributed by atoms with E-state index in [2.05, 4.69) is 36.6 Å². The summed E-state index contributed by atoms with van der Waals surface area (Å²) in [4.78, 5) is 22.2. The first-order valence-corrected chi connectivity index (χ1v) is 6.95. The lowest BCUT2D eigenvalue weighted by atomic mass is 10.3. The van der Waals surface area contributed by atoms with Gasteiger partial charge in [-0.2, -0.15) is 4.98 Å². The SMILES string of the molecule is CC(Nc1nc(NN)ncc1Br)C(=O)N1CCCC1. The van der Waals surface area contributed by atoms with Crippen molar-refractivity contribution >= 4 is 33.6 Å². The summed E-state index contributed by atoms with van der Waals surface area (Å²) >= 11 is 3.34. The van der Waals surface area contributed by atoms with Crippen molar-refractivity contribution < 1.29 is 4.79 Å². The lowest BCUT2D eigenvalue weighted by Gasteiger charge is -2.21. The maximum absolute atomic E-state index is 12.2. The van der Waals surface area contributed by atoms with E-state index in [9.17, 15) is 4.79 Å². The minimum Gasteiger partial charge on any atom is -0.358 e. The van der Waals surface area contributed by atoms with Crippen LogP contribution < -0.4 is 16.6 Å². The topological polar surface area (TPSA) is 96.2 Å². The molecule has 0 aliphatic carbocycles. The van der Waals surface area contributed by atoms with Gasteiger partial charge in [0, 0.05) is 19.3 Å². The number of nitrogens with zero attached hydrogens (tertiary/aromatic N) is 3. The molecule has 4 N–H and O–H groups in total. The Morgan fingerprint density at radius 2 is 2.21 bits per heavy atom. The van der Waals surface area contributed by atoms with Gasteiger partial charge in [-0.1, -0.05) is 0 Å². The molecule has 104 valence electrons. The van der Waals surface area contributed by atoms with Gasteiger partial charge in [0.05, 0.1) is 4.47 Å². The highest BCUT2D eigenvalue weighted by Gasteiger charge is 2.23. The molecule has 2 heterocycles. The van der Waals surface area contributed by atoms with E-state index < -0.39 is 0 Å². The van der Waals surface area contributed by atoms with Crippen molar-refractivity contribution in [2.75, 3.05) is 23.8 Å². The number of nitrogen functional groups attached to an aromatic ring is 1. The maximum atomic E-state index is 12.2. The number of likely N-dealkylation sites (tertiary alicyclic amines) is 1. The predicted molar refractivity (Wildman–Crippen MR) is 76.4 cm³/mol. The molecular formula is C11H17BrN6O. The van der Waals surface area contributed by atoms with Crippen molar-refractivity contribution in [2.45, 2.75) is 25.8 Å². The van der Waals surface area contributed by atoms with Crippen LogP contribution in [0.5, 0.6) is 0 Å². The third kappa shape index (κ3) is 3.32. The molecule has 0 spiro atoms. The Kier molecular flexibility index (Phi) is 4.54. The van der Waals surface area contributed by atoms with Crippen molar-refractivity contribution in [2.24, 2.45) is 5.84 Å². The average Bonchev–Trinajstić information content (AvgIpc) is 2.94. The summed E-state index contributed by atoms with van der Waals surface area (Å²) in [5, 5.41) is 3.08. The number of halogens is 1. The first-order valence-electron chi connectivity index (χ1n) is 6.16. The van der Waals surface area contributed by atoms with E-state index in [0.717, 1.165) is 25.9 Å². The molecule has 8 heteroatoms. The zero-order valence-corrected chi connectivity index (χ0v) is 12.3. The fourth-order valence-corrected chi connectivity index (χ4v) is 2.32. The molecule has 0 radical (unpaired) electrons. The minimum atomic E-state index is -0.338. The number of amides is 1. The van der Waals surface area contributed by atoms with Crippen LogP contribution in [0.25, 0.3) is 0 Å². The predicted octanol–water partition coefficient (Wildman–Crippen LogP) is 0.947. The number of aromatic nitrogens is 2. The second kappa shape index (κ2) is 6.16. The number of nitrogens with one attached hydrogen (secondary N) is 2. The molecule has 1 saturated heterocycles. The van der Waals surface area contributed by atoms with Gasteiger partial charge in [-0.15, -0.1) is 0 Å². The fourth-order valence-electron chi connectivity index (χ4n) is 2.02. The van der Waals surface area contributed by atoms with Crippen molar-refractivity contribution in [3.8, 4) is 0 Å². The molecule has 0 saturated carbocycles. The van der Waals surface area contributed by atoms with Gasteiger partial charge in [-0.05, 0) is 35.7 Å². The number of hydrogen-bond acceptors (Lipinski definition) is 6. The number of rotatable bonds is 4. The maximum Gasteiger partial charge on any atom is 0.244 e. The molecule has 1 fully saturated rings. The van der Waals surface area contributed by atoms with E-state index in [4.69, 9.17) is 5.84 Å². The lowest BCUT2D eigenvalue weighted by Crippen LogP contribution is -2.39. The quantitative estimate of drug-likeness (QED) is 0.562. The number of carbonyl (C=O) groups is 1. The monoisotopic (exact) mass is 328 g/mol. The molecule has 1 amide bonds. The zero-order chi connectivity index (χ0) is 13.8. The molecule has 1 aliphatic rings. The highest BCUT2D eigenvalue weighted by molar-refractivity contribution is 9.10. The Balaban J connectivity index is 2.05. The van der Waals surface area contributed by atoms with Gasteiger partial charge in [0.2, 0.25) is 11.9 Å². The van der Waals surface area contributed by atoms with Gasteiger partial charge in [0.15, 0.2) is 0 Å². The van der Waals surface area contributed by atoms with Crippen molar-refractivity contribution in [1.29, 1.82) is 0 Å². The van der Waals surface area contributed by atoms with E-state index >= 15 is 0 Å². The van der Waals surface area contributed by atoms with Gasteiger partial charge in [-0.25, -0.2) is 10.8 Å². The van der Waals surface area contributed by atoms with Crippen LogP contribution >= 0.6 is 15.9 Å². The van der Waals surface area contributed by atoms with Gasteiger partial charge < -0.3 is 10.2 Å². The molecule has 1 aromatic rings. The minimum absolute atomic E-state index is 0.0882. The zero-order valence-electron chi connectivity index (χ0n) is 10.7. The summed E-state index contributed by atoms with van der Waals surface area (Å²) in [7, 11) is 0. The summed E-state index contributed by atoms with van der Waals surface area (Å²) in [6, 6.07) is -0.338. The number of hydrazine groups is 1. The molecule has 7 nitrogen and oxygen atoms in total. The number of nitrogens with two attached hydrogens (primary N) is 1. The standard InChI is InChI=1S/C11H17BrN6O/c1-7(10(19)18-4-2-3-5-18)15-9-8(12)6-14-11(16-9)17-13/h6-7H,2-5,13H2,1H3,(H2,14,15,16,17). The first kappa shape index (κ1) is 14.0. The molecular weight excluding hydrogens is 312 g/mol. The van der Waals surface area contributed by atoms with Gasteiger partial charge in [0.1, 0.15) is 11.9 Å². The number of carbonyl (C=O) groups excluding carboxylic acids is 1. The van der Waals surface area contributed by atoms with E-state index in [1.165, 1.54) is 0 Å². The summed E-state index contributed by atoms with van der Waals surface area (Å²) in [6.45, 7) is 3.50. The van der Waals surface area contributed by atoms with Crippen LogP contribution in [0.3, 0.4) is 0 Å². The largest absolute Gasteiger partial charge is 0.358 e. The summed E-state index contributed by atoms with van der Waals surface area (Å²) in [5.41, 5.74) is 2.37. The second-order valence-corrected chi connectivity index (χ2v) is 5.29. The van der Waals surface area contributed by atoms with Crippen molar-refractivity contribution in [3.05, 3.63) is 10.7 Å². The van der Waals surface area contributed by atoms with Gasteiger partial charge in [-0.3, -0.25) is 10.2 Å². The summed E-state index contributed by atoms with van der Waals surface area (Å²) in [6.07, 6.45) is 3.74. The highest BCUT2D eigenvalue weighted by atomic mass is 79.9. The van der Waals surface area contributed by atoms with Crippen LogP contribution in [-0.4, -0.2) is 39.9 Å². The lowest BCUT2D eigenvalue weighted by molar-refractivity contribution is -0.130. The van der Waals surface area contributed by atoms with Gasteiger partial charge in [0.25, 0.3) is 0 Å². The van der Waals surface area contributed by atoms with Crippen molar-refractivity contribution in [1.82, 2.24) is 14.9 Å². The third-order valence-electron chi connectivity index (χ3n) is 3.01. The van der Waals surface area contributed by atoms with Crippen LogP contribution in [0.1, 0.15) is 19.8 Å². The molecule has 0 bridgehead atoms. The number of anilines is 2. The number of hydrogen-bond donors (Lipinski definition) is 3. The highest BCUT2D eigenvalue weighted by Crippen LogP contribution is 2.21. The Morgan fingerprint density at radius 1 is 1.53 bits per heavy atom. The molecule has 2 rings (SSSR count). The van der Waals surface area contributed by atoms with E-state index in [-0.39, 0.29) is 11.9 Å². The Bertz CT molecular complexity index is 462. The molecule has 0 aromatic carbocycles. The van der Waals surface area contributed by atoms with Crippen LogP contribution in [0.4, 0.5) is 11.8 Å².